The number of hydrogen-bond acceptors (Lipinski definition) is 0. The minimum absolute atomic E-state index is 1.11. The first kappa shape index (κ1) is 16.5. The van der Waals surface area contributed by atoms with Gasteiger partial charge in [0.25, 0.3) is 0 Å². The monoisotopic (exact) mass is 328 g/mol. The molecular formula is C23H24Si. The maximum atomic E-state index is 2.31. The van der Waals surface area contributed by atoms with E-state index in [0.717, 1.165) is 6.04 Å². The highest BCUT2D eigenvalue weighted by molar-refractivity contribution is 7.11. The van der Waals surface area contributed by atoms with Gasteiger partial charge in [0.1, 0.15) is 0 Å². The molecule has 0 aliphatic heterocycles. The Kier molecular flexibility index (Phi) is 5.12. The lowest BCUT2D eigenvalue weighted by Crippen LogP contribution is -2.67. The fourth-order valence-corrected chi connectivity index (χ4v) is 8.43. The second-order valence-corrected chi connectivity index (χ2v) is 10.2. The largest absolute Gasteiger partial charge is 0.152 e. The van der Waals surface area contributed by atoms with Crippen LogP contribution in [0.4, 0.5) is 0 Å². The molecule has 0 fully saturated rings. The van der Waals surface area contributed by atoms with Crippen molar-refractivity contribution in [3.63, 3.8) is 0 Å². The highest BCUT2D eigenvalue weighted by Gasteiger charge is 2.38. The van der Waals surface area contributed by atoms with Crippen LogP contribution in [0.2, 0.25) is 6.04 Å². The van der Waals surface area contributed by atoms with Crippen LogP contribution < -0.4 is 15.6 Å². The van der Waals surface area contributed by atoms with Crippen molar-refractivity contribution in [2.24, 2.45) is 0 Å². The zero-order chi connectivity index (χ0) is 16.8. The summed E-state index contributed by atoms with van der Waals surface area (Å²) in [6.45, 7) is 4.41. The third kappa shape index (κ3) is 3.13. The molecule has 0 saturated carbocycles. The van der Waals surface area contributed by atoms with E-state index in [4.69, 9.17) is 0 Å². The van der Waals surface area contributed by atoms with Crippen molar-refractivity contribution in [3.05, 3.63) is 103 Å². The molecule has 0 spiro atoms. The molecule has 0 bridgehead atoms. The minimum Gasteiger partial charge on any atom is -0.0890 e. The standard InChI is InChI=1S/C23H24Si/c1-3-20(2)19-24(21-13-7-4-8-14-21,22-15-9-5-10-16-22)23-17-11-6-12-18-23/h3-18H,19H2,1-2H3/b20-3+. The maximum Gasteiger partial charge on any atom is 0.152 e. The summed E-state index contributed by atoms with van der Waals surface area (Å²) in [5.74, 6) is 0. The molecule has 3 rings (SSSR count). The molecule has 3 aromatic rings. The molecule has 0 atom stereocenters. The summed E-state index contributed by atoms with van der Waals surface area (Å²) in [5, 5.41) is 4.43. The molecule has 1 heteroatoms. The number of benzene rings is 3. The summed E-state index contributed by atoms with van der Waals surface area (Å²) in [5.41, 5.74) is 1.46. The van der Waals surface area contributed by atoms with Crippen LogP contribution in [0.15, 0.2) is 103 Å². The van der Waals surface area contributed by atoms with E-state index >= 15 is 0 Å². The highest BCUT2D eigenvalue weighted by Crippen LogP contribution is 2.18. The highest BCUT2D eigenvalue weighted by atomic mass is 28.3. The second kappa shape index (κ2) is 7.46. The van der Waals surface area contributed by atoms with E-state index in [1.807, 2.05) is 0 Å². The maximum absolute atomic E-state index is 2.31. The molecule has 24 heavy (non-hydrogen) atoms. The summed E-state index contributed by atoms with van der Waals surface area (Å²) < 4.78 is 0. The molecule has 0 unspecified atom stereocenters. The molecule has 3 aromatic carbocycles. The molecule has 0 N–H and O–H groups in total. The van der Waals surface area contributed by atoms with Crippen LogP contribution in [0.25, 0.3) is 0 Å². The summed E-state index contributed by atoms with van der Waals surface area (Å²) in [6, 6.07) is 34.4. The summed E-state index contributed by atoms with van der Waals surface area (Å²) >= 11 is 0. The molecule has 0 radical (unpaired) electrons. The SMILES string of the molecule is C/C=C(\C)C[Si](c1ccccc1)(c1ccccc1)c1ccccc1. The van der Waals surface area contributed by atoms with Gasteiger partial charge in [-0.15, -0.1) is 0 Å². The normalized spacial score (nSPS) is 12.2. The first-order valence-corrected chi connectivity index (χ1v) is 10.8. The number of allylic oxidation sites excluding steroid dienone is 2. The Morgan fingerprint density at radius 2 is 1.00 bits per heavy atom. The van der Waals surface area contributed by atoms with Crippen molar-refractivity contribution in [3.8, 4) is 0 Å². The molecule has 0 aromatic heterocycles. The predicted octanol–water partition coefficient (Wildman–Crippen LogP) is 4.12. The van der Waals surface area contributed by atoms with Crippen molar-refractivity contribution in [2.75, 3.05) is 0 Å². The average molecular weight is 329 g/mol. The van der Waals surface area contributed by atoms with Crippen LogP contribution in [0.5, 0.6) is 0 Å². The van der Waals surface area contributed by atoms with E-state index in [9.17, 15) is 0 Å². The molecule has 120 valence electrons. The van der Waals surface area contributed by atoms with Gasteiger partial charge in [0.15, 0.2) is 8.07 Å². The molecule has 0 saturated heterocycles. The van der Waals surface area contributed by atoms with Gasteiger partial charge in [-0.1, -0.05) is 103 Å². The topological polar surface area (TPSA) is 0 Å². The van der Waals surface area contributed by atoms with Gasteiger partial charge in [0.2, 0.25) is 0 Å². The van der Waals surface area contributed by atoms with Gasteiger partial charge in [0.05, 0.1) is 0 Å². The fourth-order valence-electron chi connectivity index (χ4n) is 3.49. The van der Waals surface area contributed by atoms with Crippen molar-refractivity contribution in [1.29, 1.82) is 0 Å². The van der Waals surface area contributed by atoms with Gasteiger partial charge >= 0.3 is 0 Å². The Balaban J connectivity index is 2.32. The Morgan fingerprint density at radius 1 is 0.667 bits per heavy atom. The van der Waals surface area contributed by atoms with E-state index in [2.05, 4.69) is 111 Å². The zero-order valence-electron chi connectivity index (χ0n) is 14.4. The quantitative estimate of drug-likeness (QED) is 0.375. The number of rotatable bonds is 5. The van der Waals surface area contributed by atoms with Gasteiger partial charge in [-0.05, 0) is 35.5 Å². The van der Waals surface area contributed by atoms with E-state index in [1.54, 1.807) is 0 Å². The summed E-state index contributed by atoms with van der Waals surface area (Å²) in [7, 11) is -2.08. The van der Waals surface area contributed by atoms with E-state index < -0.39 is 8.07 Å². The molecule has 0 nitrogen and oxygen atoms in total. The van der Waals surface area contributed by atoms with Crippen LogP contribution in [0, 0.1) is 0 Å². The molecule has 0 heterocycles. The molecule has 0 aliphatic carbocycles. The van der Waals surface area contributed by atoms with Gasteiger partial charge in [0, 0.05) is 0 Å². The minimum atomic E-state index is -2.08. The fraction of sp³-hybridized carbons (Fsp3) is 0.130. The Bertz CT molecular complexity index is 693. The third-order valence-electron chi connectivity index (χ3n) is 4.84. The van der Waals surface area contributed by atoms with Crippen molar-refractivity contribution in [1.82, 2.24) is 0 Å². The van der Waals surface area contributed by atoms with Gasteiger partial charge in [-0.3, -0.25) is 0 Å². The van der Waals surface area contributed by atoms with Crippen LogP contribution >= 0.6 is 0 Å². The molecule has 0 aliphatic rings. The van der Waals surface area contributed by atoms with E-state index in [0.29, 0.717) is 0 Å². The van der Waals surface area contributed by atoms with E-state index in [-0.39, 0.29) is 0 Å². The number of hydrogen-bond donors (Lipinski definition) is 0. The van der Waals surface area contributed by atoms with Gasteiger partial charge < -0.3 is 0 Å². The zero-order valence-corrected chi connectivity index (χ0v) is 15.4. The summed E-state index contributed by atoms with van der Waals surface area (Å²) in [6.07, 6.45) is 2.26. The smallest absolute Gasteiger partial charge is 0.0890 e. The first-order valence-electron chi connectivity index (χ1n) is 8.56. The van der Waals surface area contributed by atoms with Crippen molar-refractivity contribution < 1.29 is 0 Å². The Hall–Kier alpha value is -2.38. The molecular weight excluding hydrogens is 304 g/mol. The lowest BCUT2D eigenvalue weighted by Gasteiger charge is -2.34. The second-order valence-electron chi connectivity index (χ2n) is 6.32. The van der Waals surface area contributed by atoms with Gasteiger partial charge in [-0.2, -0.15) is 0 Å². The van der Waals surface area contributed by atoms with Crippen molar-refractivity contribution in [2.45, 2.75) is 19.9 Å². The summed E-state index contributed by atoms with van der Waals surface area (Å²) in [4.78, 5) is 0. The predicted molar refractivity (Wildman–Crippen MR) is 108 cm³/mol. The van der Waals surface area contributed by atoms with Crippen molar-refractivity contribution >= 4 is 23.6 Å². The average Bonchev–Trinajstić information content (AvgIpc) is 2.68. The van der Waals surface area contributed by atoms with Crippen LogP contribution in [0.1, 0.15) is 13.8 Å². The lowest BCUT2D eigenvalue weighted by atomic mass is 10.3. The van der Waals surface area contributed by atoms with Crippen LogP contribution in [-0.2, 0) is 0 Å². The third-order valence-corrected chi connectivity index (χ3v) is 9.88. The van der Waals surface area contributed by atoms with Crippen LogP contribution in [0.3, 0.4) is 0 Å². The van der Waals surface area contributed by atoms with Gasteiger partial charge in [-0.25, -0.2) is 0 Å². The first-order chi connectivity index (χ1) is 11.8. The van der Waals surface area contributed by atoms with Crippen LogP contribution in [-0.4, -0.2) is 8.07 Å². The Labute approximate surface area is 146 Å². The lowest BCUT2D eigenvalue weighted by molar-refractivity contribution is 1.32. The van der Waals surface area contributed by atoms with E-state index in [1.165, 1.54) is 21.1 Å². The Morgan fingerprint density at radius 3 is 1.29 bits per heavy atom. The molecule has 0 amide bonds.